The molecule has 0 unspecified atom stereocenters. The molecule has 1 aliphatic rings. The maximum absolute atomic E-state index is 11.6. The summed E-state index contributed by atoms with van der Waals surface area (Å²) < 4.78 is 0. The van der Waals surface area contributed by atoms with Crippen LogP contribution in [0.15, 0.2) is 29.2 Å². The first-order valence-corrected chi connectivity index (χ1v) is 7.31. The molecular weight excluding hydrogens is 286 g/mol. The molecule has 1 aromatic rings. The van der Waals surface area contributed by atoms with E-state index in [1.165, 1.54) is 0 Å². The average molecular weight is 300 g/mol. The summed E-state index contributed by atoms with van der Waals surface area (Å²) in [5.41, 5.74) is -0.984. The van der Waals surface area contributed by atoms with Crippen molar-refractivity contribution in [3.05, 3.63) is 29.3 Å². The molecule has 1 fully saturated rings. The lowest BCUT2D eigenvalue weighted by Gasteiger charge is -2.12. The number of nitrogens with one attached hydrogen (secondary N) is 1. The number of halogens is 1. The summed E-state index contributed by atoms with van der Waals surface area (Å²) in [6.45, 7) is 0. The highest BCUT2D eigenvalue weighted by molar-refractivity contribution is 7.99. The van der Waals surface area contributed by atoms with Crippen LogP contribution in [0.3, 0.4) is 0 Å². The van der Waals surface area contributed by atoms with Crippen LogP contribution in [0.2, 0.25) is 5.02 Å². The summed E-state index contributed by atoms with van der Waals surface area (Å²) in [6, 6.07) is 7.39. The molecule has 2 rings (SSSR count). The van der Waals surface area contributed by atoms with E-state index < -0.39 is 11.5 Å². The molecule has 1 saturated carbocycles. The highest BCUT2D eigenvalue weighted by Gasteiger charge is 2.51. The number of carbonyl (C=O) groups is 2. The van der Waals surface area contributed by atoms with Gasteiger partial charge in [0, 0.05) is 22.1 Å². The summed E-state index contributed by atoms with van der Waals surface area (Å²) in [6.07, 6.45) is 1.36. The number of thioether (sulfide) groups is 1. The summed E-state index contributed by atoms with van der Waals surface area (Å²) >= 11 is 7.32. The third kappa shape index (κ3) is 3.88. The van der Waals surface area contributed by atoms with Gasteiger partial charge in [-0.15, -0.1) is 11.8 Å². The van der Waals surface area contributed by atoms with Crippen LogP contribution in [-0.4, -0.2) is 28.3 Å². The molecule has 0 heterocycles. The lowest BCUT2D eigenvalue weighted by Crippen LogP contribution is -2.43. The van der Waals surface area contributed by atoms with Gasteiger partial charge in [0.1, 0.15) is 5.54 Å². The number of hydrogen-bond donors (Lipinski definition) is 2. The molecule has 1 amide bonds. The maximum Gasteiger partial charge on any atom is 0.329 e. The van der Waals surface area contributed by atoms with Crippen molar-refractivity contribution in [2.75, 3.05) is 5.75 Å². The first kappa shape index (κ1) is 14.2. The Kier molecular flexibility index (Phi) is 4.37. The predicted octanol–water partition coefficient (Wildman–Crippen LogP) is 2.56. The molecule has 0 bridgehead atoms. The van der Waals surface area contributed by atoms with E-state index in [0.717, 1.165) is 4.90 Å². The van der Waals surface area contributed by atoms with Crippen molar-refractivity contribution in [1.82, 2.24) is 5.32 Å². The van der Waals surface area contributed by atoms with Crippen molar-refractivity contribution in [2.45, 2.75) is 29.7 Å². The Hall–Kier alpha value is -1.20. The number of amides is 1. The summed E-state index contributed by atoms with van der Waals surface area (Å²) in [4.78, 5) is 23.6. The highest BCUT2D eigenvalue weighted by Crippen LogP contribution is 2.35. The van der Waals surface area contributed by atoms with E-state index in [1.54, 1.807) is 23.9 Å². The molecule has 1 aliphatic carbocycles. The Morgan fingerprint density at radius 1 is 1.32 bits per heavy atom. The van der Waals surface area contributed by atoms with Gasteiger partial charge in [-0.05, 0) is 37.1 Å². The molecule has 1 aromatic carbocycles. The lowest BCUT2D eigenvalue weighted by atomic mass is 10.2. The normalized spacial score (nSPS) is 15.8. The van der Waals surface area contributed by atoms with E-state index in [1.807, 2.05) is 12.1 Å². The zero-order valence-corrected chi connectivity index (χ0v) is 11.8. The zero-order valence-electron chi connectivity index (χ0n) is 10.2. The van der Waals surface area contributed by atoms with Crippen LogP contribution >= 0.6 is 23.4 Å². The molecule has 4 nitrogen and oxygen atoms in total. The zero-order chi connectivity index (χ0) is 13.9. The molecule has 0 saturated heterocycles. The molecule has 0 radical (unpaired) electrons. The van der Waals surface area contributed by atoms with Crippen molar-refractivity contribution in [3.63, 3.8) is 0 Å². The number of rotatable bonds is 6. The number of carboxylic acids is 1. The second kappa shape index (κ2) is 5.84. The van der Waals surface area contributed by atoms with E-state index in [0.29, 0.717) is 30.0 Å². The maximum atomic E-state index is 11.6. The summed E-state index contributed by atoms with van der Waals surface area (Å²) in [5, 5.41) is 12.2. The highest BCUT2D eigenvalue weighted by atomic mass is 35.5. The van der Waals surface area contributed by atoms with E-state index >= 15 is 0 Å². The van der Waals surface area contributed by atoms with Crippen LogP contribution in [0.1, 0.15) is 19.3 Å². The smallest absolute Gasteiger partial charge is 0.329 e. The molecule has 0 atom stereocenters. The fourth-order valence-corrected chi connectivity index (χ4v) is 2.62. The van der Waals surface area contributed by atoms with Crippen LogP contribution in [0.5, 0.6) is 0 Å². The largest absolute Gasteiger partial charge is 0.480 e. The first-order chi connectivity index (χ1) is 9.02. The minimum atomic E-state index is -0.984. The molecule has 0 aliphatic heterocycles. The average Bonchev–Trinajstić information content (AvgIpc) is 3.13. The van der Waals surface area contributed by atoms with Crippen LogP contribution in [0.4, 0.5) is 0 Å². The van der Waals surface area contributed by atoms with Crippen LogP contribution in [0, 0.1) is 0 Å². The molecular formula is C13H14ClNO3S. The van der Waals surface area contributed by atoms with Crippen LogP contribution in [0.25, 0.3) is 0 Å². The Balaban J connectivity index is 1.72. The van der Waals surface area contributed by atoms with Gasteiger partial charge < -0.3 is 10.4 Å². The third-order valence-corrected chi connectivity index (χ3v) is 4.22. The molecule has 102 valence electrons. The van der Waals surface area contributed by atoms with Crippen molar-refractivity contribution in [3.8, 4) is 0 Å². The molecule has 0 spiro atoms. The topological polar surface area (TPSA) is 66.4 Å². The van der Waals surface area contributed by atoms with Gasteiger partial charge in [-0.3, -0.25) is 4.79 Å². The quantitative estimate of drug-likeness (QED) is 0.792. The van der Waals surface area contributed by atoms with Gasteiger partial charge in [-0.2, -0.15) is 0 Å². The van der Waals surface area contributed by atoms with E-state index in [4.69, 9.17) is 16.7 Å². The van der Waals surface area contributed by atoms with Crippen molar-refractivity contribution in [1.29, 1.82) is 0 Å². The second-order valence-corrected chi connectivity index (χ2v) is 6.09. The Labute approximate surface area is 120 Å². The fourth-order valence-electron chi connectivity index (χ4n) is 1.64. The third-order valence-electron chi connectivity index (χ3n) is 2.95. The van der Waals surface area contributed by atoms with Crippen LogP contribution < -0.4 is 5.32 Å². The Morgan fingerprint density at radius 2 is 1.95 bits per heavy atom. The van der Waals surface area contributed by atoms with Crippen molar-refractivity contribution >= 4 is 35.2 Å². The minimum absolute atomic E-state index is 0.207. The van der Waals surface area contributed by atoms with Gasteiger partial charge in [0.15, 0.2) is 0 Å². The number of aliphatic carboxylic acids is 1. The van der Waals surface area contributed by atoms with Gasteiger partial charge in [0.05, 0.1) is 0 Å². The first-order valence-electron chi connectivity index (χ1n) is 5.95. The van der Waals surface area contributed by atoms with E-state index in [-0.39, 0.29) is 5.91 Å². The molecule has 2 N–H and O–H groups in total. The Bertz CT molecular complexity index is 485. The van der Waals surface area contributed by atoms with E-state index in [2.05, 4.69) is 5.32 Å². The Morgan fingerprint density at radius 3 is 2.47 bits per heavy atom. The molecule has 6 heteroatoms. The van der Waals surface area contributed by atoms with E-state index in [9.17, 15) is 9.59 Å². The fraction of sp³-hybridized carbons (Fsp3) is 0.385. The summed E-state index contributed by atoms with van der Waals surface area (Å²) in [7, 11) is 0. The number of benzene rings is 1. The SMILES string of the molecule is O=C(CCSc1ccc(Cl)cc1)NC1(C(=O)O)CC1. The monoisotopic (exact) mass is 299 g/mol. The van der Waals surface area contributed by atoms with Gasteiger partial charge >= 0.3 is 5.97 Å². The molecule has 0 aromatic heterocycles. The van der Waals surface area contributed by atoms with Gasteiger partial charge in [-0.1, -0.05) is 11.6 Å². The van der Waals surface area contributed by atoms with Gasteiger partial charge in [0.2, 0.25) is 5.91 Å². The van der Waals surface area contributed by atoms with Crippen molar-refractivity contribution < 1.29 is 14.7 Å². The predicted molar refractivity (Wildman–Crippen MR) is 74.5 cm³/mol. The van der Waals surface area contributed by atoms with Gasteiger partial charge in [-0.25, -0.2) is 4.79 Å². The number of hydrogen-bond acceptors (Lipinski definition) is 3. The number of carbonyl (C=O) groups excluding carboxylic acids is 1. The molecule has 19 heavy (non-hydrogen) atoms. The number of carboxylic acid groups (broad SMARTS) is 1. The summed E-state index contributed by atoms with van der Waals surface area (Å²) in [5.74, 6) is -0.532. The van der Waals surface area contributed by atoms with Gasteiger partial charge in [0.25, 0.3) is 0 Å². The second-order valence-electron chi connectivity index (χ2n) is 4.49. The minimum Gasteiger partial charge on any atom is -0.480 e. The van der Waals surface area contributed by atoms with Crippen molar-refractivity contribution in [2.24, 2.45) is 0 Å². The van der Waals surface area contributed by atoms with Crippen LogP contribution in [-0.2, 0) is 9.59 Å². The standard InChI is InChI=1S/C13H14ClNO3S/c14-9-1-3-10(4-2-9)19-8-5-11(16)15-13(6-7-13)12(17)18/h1-4H,5-8H2,(H,15,16)(H,17,18). The lowest BCUT2D eigenvalue weighted by molar-refractivity contribution is -0.143.